The van der Waals surface area contributed by atoms with Crippen LogP contribution in [0.2, 0.25) is 0 Å². The Morgan fingerprint density at radius 2 is 2.05 bits per heavy atom. The van der Waals surface area contributed by atoms with Crippen LogP contribution >= 0.6 is 11.3 Å². The Morgan fingerprint density at radius 3 is 2.53 bits per heavy atom. The summed E-state index contributed by atoms with van der Waals surface area (Å²) in [5.74, 6) is -0.425. The normalized spacial score (nSPS) is 13.5. The highest BCUT2D eigenvalue weighted by Gasteiger charge is 2.25. The molecule has 0 aliphatic heterocycles. The Balaban J connectivity index is 2.88. The molecule has 1 aromatic heterocycles. The average Bonchev–Trinajstić information content (AvgIpc) is 2.73. The third kappa shape index (κ3) is 4.49. The van der Waals surface area contributed by atoms with Gasteiger partial charge in [-0.3, -0.25) is 4.79 Å². The average molecular weight is 308 g/mol. The molecule has 1 aromatic rings. The van der Waals surface area contributed by atoms with Crippen LogP contribution in [0.15, 0.2) is 4.34 Å². The highest BCUT2D eigenvalue weighted by Crippen LogP contribution is 2.20. The minimum absolute atomic E-state index is 0.0671. The molecule has 108 valence electrons. The van der Waals surface area contributed by atoms with E-state index in [1.807, 2.05) is 0 Å². The first-order valence-electron chi connectivity index (χ1n) is 5.50. The molecule has 1 heterocycles. The first-order valence-corrected chi connectivity index (χ1v) is 7.80. The van der Waals surface area contributed by atoms with E-state index in [9.17, 15) is 13.2 Å². The number of hydrogen-bond acceptors (Lipinski definition) is 7. The molecule has 0 radical (unpaired) electrons. The number of rotatable bonds is 6. The summed E-state index contributed by atoms with van der Waals surface area (Å²) in [6.45, 7) is 4.54. The fraction of sp³-hybridized carbons (Fsp3) is 0.667. The first-order chi connectivity index (χ1) is 8.76. The molecule has 0 unspecified atom stereocenters. The maximum absolute atomic E-state index is 12.0. The van der Waals surface area contributed by atoms with Crippen molar-refractivity contribution < 1.29 is 18.3 Å². The van der Waals surface area contributed by atoms with Crippen LogP contribution in [0.5, 0.6) is 0 Å². The summed E-state index contributed by atoms with van der Waals surface area (Å²) in [5, 5.41) is 18.6. The number of nitrogens with zero attached hydrogens (tertiary/aromatic N) is 2. The van der Waals surface area contributed by atoms with E-state index in [1.165, 1.54) is 6.92 Å². The number of carbonyl (C=O) groups excluding carboxylic acids is 1. The van der Waals surface area contributed by atoms with Crippen LogP contribution in [-0.2, 0) is 14.8 Å². The van der Waals surface area contributed by atoms with Crippen molar-refractivity contribution in [1.82, 2.24) is 14.9 Å². The van der Waals surface area contributed by atoms with Crippen LogP contribution in [-0.4, -0.2) is 42.3 Å². The van der Waals surface area contributed by atoms with Crippen molar-refractivity contribution in [2.45, 2.75) is 31.2 Å². The predicted molar refractivity (Wildman–Crippen MR) is 70.2 cm³/mol. The van der Waals surface area contributed by atoms with Crippen LogP contribution in [0.25, 0.3) is 0 Å². The summed E-state index contributed by atoms with van der Waals surface area (Å²) in [4.78, 5) is 10.8. The van der Waals surface area contributed by atoms with Crippen LogP contribution in [0.1, 0.15) is 20.8 Å². The molecule has 0 fully saturated rings. The SMILES string of the molecule is CC(=O)Nc1nnc(S(=O)(=O)N[C@H](CO)C(C)C)s1. The predicted octanol–water partition coefficient (Wildman–Crippen LogP) is -0.208. The van der Waals surface area contributed by atoms with Gasteiger partial charge in [-0.15, -0.1) is 10.2 Å². The summed E-state index contributed by atoms with van der Waals surface area (Å²) in [6, 6.07) is -0.599. The van der Waals surface area contributed by atoms with Crippen LogP contribution in [0.3, 0.4) is 0 Å². The molecule has 10 heteroatoms. The van der Waals surface area contributed by atoms with E-state index in [0.717, 1.165) is 11.3 Å². The third-order valence-corrected chi connectivity index (χ3v) is 4.92. The van der Waals surface area contributed by atoms with Crippen LogP contribution in [0.4, 0.5) is 5.13 Å². The molecule has 1 amide bonds. The van der Waals surface area contributed by atoms with Crippen molar-refractivity contribution in [3.63, 3.8) is 0 Å². The number of sulfonamides is 1. The number of aromatic nitrogens is 2. The summed E-state index contributed by atoms with van der Waals surface area (Å²) >= 11 is 0.746. The highest BCUT2D eigenvalue weighted by molar-refractivity contribution is 7.91. The Bertz CT molecular complexity index is 540. The minimum Gasteiger partial charge on any atom is -0.395 e. The zero-order valence-corrected chi connectivity index (χ0v) is 12.4. The maximum atomic E-state index is 12.0. The van der Waals surface area contributed by atoms with Gasteiger partial charge in [0.1, 0.15) is 0 Å². The lowest BCUT2D eigenvalue weighted by atomic mass is 10.1. The van der Waals surface area contributed by atoms with Crippen LogP contribution in [0, 0.1) is 5.92 Å². The fourth-order valence-corrected chi connectivity index (χ4v) is 3.49. The van der Waals surface area contributed by atoms with Crippen LogP contribution < -0.4 is 10.0 Å². The summed E-state index contributed by atoms with van der Waals surface area (Å²) in [7, 11) is -3.85. The minimum atomic E-state index is -3.85. The highest BCUT2D eigenvalue weighted by atomic mass is 32.2. The molecule has 0 saturated carbocycles. The zero-order valence-electron chi connectivity index (χ0n) is 10.7. The Kier molecular flexibility index (Phi) is 5.35. The second-order valence-electron chi connectivity index (χ2n) is 4.21. The Hall–Kier alpha value is -1.10. The third-order valence-electron chi connectivity index (χ3n) is 2.23. The second-order valence-corrected chi connectivity index (χ2v) is 7.07. The Labute approximate surface area is 115 Å². The standard InChI is InChI=1S/C9H16N4O4S2/c1-5(2)7(4-14)13-19(16,17)9-12-11-8(18-9)10-6(3)15/h5,7,13-14H,4H2,1-3H3,(H,10,11,15)/t7-/m1/s1. The van der Waals surface area contributed by atoms with Gasteiger partial charge < -0.3 is 10.4 Å². The number of aliphatic hydroxyl groups excluding tert-OH is 1. The first kappa shape index (κ1) is 16.0. The van der Waals surface area contributed by atoms with Crippen molar-refractivity contribution in [3.05, 3.63) is 0 Å². The summed E-state index contributed by atoms with van der Waals surface area (Å²) in [5.41, 5.74) is 0. The summed E-state index contributed by atoms with van der Waals surface area (Å²) in [6.07, 6.45) is 0. The van der Waals surface area contributed by atoms with Gasteiger partial charge in [-0.25, -0.2) is 13.1 Å². The van der Waals surface area contributed by atoms with Gasteiger partial charge >= 0.3 is 0 Å². The Morgan fingerprint density at radius 1 is 1.42 bits per heavy atom. The topological polar surface area (TPSA) is 121 Å². The van der Waals surface area contributed by atoms with E-state index in [4.69, 9.17) is 5.11 Å². The van der Waals surface area contributed by atoms with Gasteiger partial charge in [0, 0.05) is 13.0 Å². The smallest absolute Gasteiger partial charge is 0.270 e. The molecule has 0 bridgehead atoms. The van der Waals surface area contributed by atoms with Gasteiger partial charge in [0.05, 0.1) is 6.61 Å². The number of anilines is 1. The van der Waals surface area contributed by atoms with E-state index in [0.29, 0.717) is 0 Å². The number of carbonyl (C=O) groups is 1. The summed E-state index contributed by atoms with van der Waals surface area (Å²) < 4.78 is 26.0. The molecule has 1 rings (SSSR count). The van der Waals surface area contributed by atoms with Crippen molar-refractivity contribution in [1.29, 1.82) is 0 Å². The molecule has 8 nitrogen and oxygen atoms in total. The second kappa shape index (κ2) is 6.37. The van der Waals surface area contributed by atoms with Crippen molar-refractivity contribution in [3.8, 4) is 0 Å². The van der Waals surface area contributed by atoms with Gasteiger partial charge in [0.2, 0.25) is 15.4 Å². The van der Waals surface area contributed by atoms with Gasteiger partial charge in [0.25, 0.3) is 10.0 Å². The molecule has 0 spiro atoms. The molecule has 0 aromatic carbocycles. The molecule has 0 aliphatic rings. The van der Waals surface area contributed by atoms with E-state index < -0.39 is 16.1 Å². The molecule has 0 saturated heterocycles. The van der Waals surface area contributed by atoms with E-state index in [-0.39, 0.29) is 27.9 Å². The molecule has 0 aliphatic carbocycles. The number of hydrogen-bond donors (Lipinski definition) is 3. The number of amides is 1. The van der Waals surface area contributed by atoms with Crippen molar-refractivity contribution in [2.24, 2.45) is 5.92 Å². The molecule has 1 atom stereocenters. The quantitative estimate of drug-likeness (QED) is 0.625. The zero-order chi connectivity index (χ0) is 14.6. The number of nitrogens with one attached hydrogen (secondary N) is 2. The van der Waals surface area contributed by atoms with Gasteiger partial charge in [-0.2, -0.15) is 0 Å². The monoisotopic (exact) mass is 308 g/mol. The largest absolute Gasteiger partial charge is 0.395 e. The van der Waals surface area contributed by atoms with Gasteiger partial charge in [0.15, 0.2) is 0 Å². The molecular weight excluding hydrogens is 292 g/mol. The van der Waals surface area contributed by atoms with Crippen molar-refractivity contribution in [2.75, 3.05) is 11.9 Å². The number of aliphatic hydroxyl groups is 1. The molecule has 3 N–H and O–H groups in total. The van der Waals surface area contributed by atoms with E-state index in [2.05, 4.69) is 20.2 Å². The molecule has 19 heavy (non-hydrogen) atoms. The fourth-order valence-electron chi connectivity index (χ4n) is 1.15. The van der Waals surface area contributed by atoms with Crippen molar-refractivity contribution >= 4 is 32.4 Å². The van der Waals surface area contributed by atoms with E-state index in [1.54, 1.807) is 13.8 Å². The lowest BCUT2D eigenvalue weighted by Gasteiger charge is -2.18. The van der Waals surface area contributed by atoms with Gasteiger partial charge in [-0.05, 0) is 5.92 Å². The molecular formula is C9H16N4O4S2. The lowest BCUT2D eigenvalue weighted by molar-refractivity contribution is -0.114. The van der Waals surface area contributed by atoms with E-state index >= 15 is 0 Å². The van der Waals surface area contributed by atoms with Gasteiger partial charge in [-0.1, -0.05) is 25.2 Å². The lowest BCUT2D eigenvalue weighted by Crippen LogP contribution is -2.41. The maximum Gasteiger partial charge on any atom is 0.270 e.